The molecule has 0 saturated carbocycles. The first kappa shape index (κ1) is 29.3. The van der Waals surface area contributed by atoms with Gasteiger partial charge in [0.1, 0.15) is 18.2 Å². The lowest BCUT2D eigenvalue weighted by Gasteiger charge is -2.19. The molecule has 0 heterocycles. The van der Waals surface area contributed by atoms with Gasteiger partial charge >= 0.3 is 0 Å². The van der Waals surface area contributed by atoms with Crippen LogP contribution in [-0.4, -0.2) is 6.43 Å². The Labute approximate surface area is 204 Å². The maximum atomic E-state index is 14.7. The molecule has 0 radical (unpaired) electrons. The van der Waals surface area contributed by atoms with E-state index in [0.717, 1.165) is 53.4 Å². The third kappa shape index (κ3) is 10.5. The third-order valence-electron chi connectivity index (χ3n) is 5.66. The number of aryl methyl sites for hydroxylation is 1. The van der Waals surface area contributed by atoms with Gasteiger partial charge in [-0.3, -0.25) is 0 Å². The van der Waals surface area contributed by atoms with Gasteiger partial charge in [-0.2, -0.15) is 0 Å². The normalized spacial score (nSPS) is 13.7. The minimum Gasteiger partial charge on any atom is -0.489 e. The van der Waals surface area contributed by atoms with Crippen LogP contribution < -0.4 is 4.74 Å². The fourth-order valence-corrected chi connectivity index (χ4v) is 3.20. The lowest BCUT2D eigenvalue weighted by molar-refractivity contribution is 0.171. The number of benzene rings is 2. The molecule has 2 aromatic rings. The molecule has 4 heteroatoms. The standard InChI is InChI=1S/C28H35FO.C2H4F2/c1-7-20(3)16-25(29)18-28(23(6)21(4)8-2)27-15-14-26(17-22(27)5)30-19-24-12-10-9-11-13-24;1-2(3)4/h9-18,20-21H,6-8,19H2,1-5H3;2H,1H3/b25-16+,28-18+;. The fraction of sp³-hybridized carbons (Fsp3) is 0.400. The summed E-state index contributed by atoms with van der Waals surface area (Å²) in [5, 5.41) is 0. The predicted octanol–water partition coefficient (Wildman–Crippen LogP) is 9.73. The first-order valence-corrected chi connectivity index (χ1v) is 11.9. The monoisotopic (exact) mass is 472 g/mol. The van der Waals surface area contributed by atoms with Crippen LogP contribution >= 0.6 is 0 Å². The average Bonchev–Trinajstić information content (AvgIpc) is 2.80. The van der Waals surface area contributed by atoms with Crippen LogP contribution in [0.15, 0.2) is 78.7 Å². The second-order valence-corrected chi connectivity index (χ2v) is 8.60. The number of alkyl halides is 2. The Morgan fingerprint density at radius 1 is 1.00 bits per heavy atom. The zero-order valence-electron chi connectivity index (χ0n) is 21.4. The van der Waals surface area contributed by atoms with E-state index in [0.29, 0.717) is 6.61 Å². The Morgan fingerprint density at radius 3 is 2.15 bits per heavy atom. The summed E-state index contributed by atoms with van der Waals surface area (Å²) in [6.45, 7) is 16.1. The molecule has 0 amide bonds. The van der Waals surface area contributed by atoms with E-state index >= 15 is 0 Å². The highest BCUT2D eigenvalue weighted by Crippen LogP contribution is 2.34. The summed E-state index contributed by atoms with van der Waals surface area (Å²) in [5.41, 5.74) is 5.01. The lowest BCUT2D eigenvalue weighted by atomic mass is 9.86. The van der Waals surface area contributed by atoms with Crippen molar-refractivity contribution in [1.29, 1.82) is 0 Å². The number of hydrogen-bond acceptors (Lipinski definition) is 1. The topological polar surface area (TPSA) is 9.23 Å². The first-order valence-electron chi connectivity index (χ1n) is 11.9. The van der Waals surface area contributed by atoms with Gasteiger partial charge in [0, 0.05) is 0 Å². The van der Waals surface area contributed by atoms with E-state index in [4.69, 9.17) is 4.74 Å². The SMILES string of the molecule is C=C(/C(=C\C(F)=C/C(C)CC)c1ccc(OCc2ccccc2)cc1C)C(C)CC.CC(F)F. The van der Waals surface area contributed by atoms with Gasteiger partial charge in [0.05, 0.1) is 0 Å². The molecule has 2 unspecified atom stereocenters. The third-order valence-corrected chi connectivity index (χ3v) is 5.66. The van der Waals surface area contributed by atoms with Gasteiger partial charge < -0.3 is 4.74 Å². The van der Waals surface area contributed by atoms with Gasteiger partial charge in [0.25, 0.3) is 0 Å². The molecule has 186 valence electrons. The molecule has 0 fully saturated rings. The van der Waals surface area contributed by atoms with Crippen LogP contribution in [0.4, 0.5) is 13.2 Å². The minimum atomic E-state index is -2.17. The van der Waals surface area contributed by atoms with Crippen molar-refractivity contribution in [2.45, 2.75) is 67.4 Å². The van der Waals surface area contributed by atoms with Crippen LogP contribution in [-0.2, 0) is 6.61 Å². The van der Waals surface area contributed by atoms with Crippen molar-refractivity contribution in [2.24, 2.45) is 11.8 Å². The highest BCUT2D eigenvalue weighted by atomic mass is 19.3. The zero-order chi connectivity index (χ0) is 25.7. The number of rotatable bonds is 10. The number of allylic oxidation sites excluding steroid dienone is 5. The molecule has 0 N–H and O–H groups in total. The van der Waals surface area contributed by atoms with Crippen molar-refractivity contribution in [3.8, 4) is 5.75 Å². The number of halogens is 3. The Kier molecular flexibility index (Phi) is 13.1. The quantitative estimate of drug-likeness (QED) is 0.313. The highest BCUT2D eigenvalue weighted by Gasteiger charge is 2.15. The first-order chi connectivity index (χ1) is 16.1. The smallest absolute Gasteiger partial charge is 0.235 e. The molecule has 0 aliphatic heterocycles. The van der Waals surface area contributed by atoms with E-state index < -0.39 is 6.43 Å². The maximum Gasteiger partial charge on any atom is 0.235 e. The minimum absolute atomic E-state index is 0.201. The van der Waals surface area contributed by atoms with Crippen LogP contribution in [0.1, 0.15) is 64.2 Å². The molecule has 34 heavy (non-hydrogen) atoms. The molecule has 2 rings (SSSR count). The molecule has 2 atom stereocenters. The Hall–Kier alpha value is -2.75. The molecule has 0 saturated heterocycles. The van der Waals surface area contributed by atoms with Gasteiger partial charge in [0.15, 0.2) is 0 Å². The van der Waals surface area contributed by atoms with E-state index in [2.05, 4.69) is 27.4 Å². The summed E-state index contributed by atoms with van der Waals surface area (Å²) in [6.07, 6.45) is 3.05. The van der Waals surface area contributed by atoms with Gasteiger partial charge in [0.2, 0.25) is 6.43 Å². The summed E-state index contributed by atoms with van der Waals surface area (Å²) in [5.74, 6) is 1.09. The van der Waals surface area contributed by atoms with Crippen molar-refractivity contribution in [2.75, 3.05) is 0 Å². The Balaban J connectivity index is 0.00000133. The van der Waals surface area contributed by atoms with E-state index in [1.807, 2.05) is 62.4 Å². The fourth-order valence-electron chi connectivity index (χ4n) is 3.20. The van der Waals surface area contributed by atoms with Crippen molar-refractivity contribution in [3.63, 3.8) is 0 Å². The Bertz CT molecular complexity index is 942. The van der Waals surface area contributed by atoms with Crippen LogP contribution in [0.3, 0.4) is 0 Å². The summed E-state index contributed by atoms with van der Waals surface area (Å²) in [4.78, 5) is 0. The molecule has 0 aliphatic rings. The number of ether oxygens (including phenoxy) is 1. The molecule has 1 nitrogen and oxygen atoms in total. The molecule has 0 aliphatic carbocycles. The summed E-state index contributed by atoms with van der Waals surface area (Å²) in [7, 11) is 0. The van der Waals surface area contributed by atoms with Crippen molar-refractivity contribution < 1.29 is 17.9 Å². The van der Waals surface area contributed by atoms with Gasteiger partial charge in [-0.25, -0.2) is 13.2 Å². The van der Waals surface area contributed by atoms with Crippen LogP contribution in [0.2, 0.25) is 0 Å². The molecule has 0 bridgehead atoms. The molecular weight excluding hydrogens is 433 g/mol. The van der Waals surface area contributed by atoms with Crippen LogP contribution in [0.5, 0.6) is 5.75 Å². The van der Waals surface area contributed by atoms with E-state index in [-0.39, 0.29) is 17.7 Å². The van der Waals surface area contributed by atoms with E-state index in [1.54, 1.807) is 12.2 Å². The summed E-state index contributed by atoms with van der Waals surface area (Å²) < 4.78 is 41.4. The van der Waals surface area contributed by atoms with Crippen LogP contribution in [0, 0.1) is 18.8 Å². The zero-order valence-corrected chi connectivity index (χ0v) is 21.4. The summed E-state index contributed by atoms with van der Waals surface area (Å²) in [6, 6.07) is 16.1. The highest BCUT2D eigenvalue weighted by molar-refractivity contribution is 5.82. The molecule has 0 aromatic heterocycles. The van der Waals surface area contributed by atoms with Crippen LogP contribution in [0.25, 0.3) is 5.57 Å². The van der Waals surface area contributed by atoms with Gasteiger partial charge in [-0.1, -0.05) is 70.7 Å². The molecule has 2 aromatic carbocycles. The van der Waals surface area contributed by atoms with Gasteiger partial charge in [-0.15, -0.1) is 0 Å². The second-order valence-electron chi connectivity index (χ2n) is 8.60. The van der Waals surface area contributed by atoms with Gasteiger partial charge in [-0.05, 0) is 90.6 Å². The summed E-state index contributed by atoms with van der Waals surface area (Å²) >= 11 is 0. The molecular formula is C30H39F3O. The predicted molar refractivity (Wildman–Crippen MR) is 139 cm³/mol. The lowest BCUT2D eigenvalue weighted by Crippen LogP contribution is -2.02. The largest absolute Gasteiger partial charge is 0.489 e. The van der Waals surface area contributed by atoms with E-state index in [9.17, 15) is 13.2 Å². The average molecular weight is 473 g/mol. The maximum absolute atomic E-state index is 14.7. The van der Waals surface area contributed by atoms with E-state index in [1.165, 1.54) is 0 Å². The number of hydrogen-bond donors (Lipinski definition) is 0. The van der Waals surface area contributed by atoms with Crippen molar-refractivity contribution >= 4 is 5.57 Å². The second kappa shape index (κ2) is 15.2. The van der Waals surface area contributed by atoms with Crippen molar-refractivity contribution in [3.05, 3.63) is 95.4 Å². The molecule has 0 spiro atoms. The Morgan fingerprint density at radius 2 is 1.62 bits per heavy atom. The van der Waals surface area contributed by atoms with Crippen molar-refractivity contribution in [1.82, 2.24) is 0 Å².